The predicted octanol–water partition coefficient (Wildman–Crippen LogP) is 2.11. The minimum absolute atomic E-state index is 0.115. The molecule has 0 spiro atoms. The number of carbonyl (C=O) groups excluding carboxylic acids is 1. The van der Waals surface area contributed by atoms with Gasteiger partial charge in [0.25, 0.3) is 11.6 Å². The Hall–Kier alpha value is -2.18. The smallest absolute Gasteiger partial charge is 0.288 e. The molecule has 1 fully saturated rings. The molecule has 0 unspecified atom stereocenters. The number of nitrogens with two attached hydrogens (primary N) is 1. The monoisotopic (exact) mass is 292 g/mol. The Bertz CT molecular complexity index is 571. The normalized spacial score (nSPS) is 18.1. The molecule has 0 aliphatic carbocycles. The van der Waals surface area contributed by atoms with E-state index in [1.54, 1.807) is 0 Å². The van der Waals surface area contributed by atoms with Crippen molar-refractivity contribution in [1.29, 1.82) is 0 Å². The molecule has 0 radical (unpaired) electrons. The summed E-state index contributed by atoms with van der Waals surface area (Å²) in [6.45, 7) is 5.97. The third kappa shape index (κ3) is 3.48. The summed E-state index contributed by atoms with van der Waals surface area (Å²) in [5, 5.41) is 10.8. The van der Waals surface area contributed by atoms with Gasteiger partial charge in [0.15, 0.2) is 0 Å². The number of hydrogen-bond acceptors (Lipinski definition) is 5. The zero-order valence-electron chi connectivity index (χ0n) is 12.3. The Labute approximate surface area is 123 Å². The third-order valence-corrected chi connectivity index (χ3v) is 3.97. The Kier molecular flexibility index (Phi) is 4.11. The number of aromatic nitrogens is 1. The van der Waals surface area contributed by atoms with Crippen LogP contribution in [0.2, 0.25) is 0 Å². The molecule has 0 bridgehead atoms. The number of anilines is 1. The maximum absolute atomic E-state index is 11.6. The highest BCUT2D eigenvalue weighted by Gasteiger charge is 2.26. The van der Waals surface area contributed by atoms with Crippen LogP contribution in [0.15, 0.2) is 12.3 Å². The molecule has 1 amide bonds. The van der Waals surface area contributed by atoms with Crippen molar-refractivity contribution < 1.29 is 9.72 Å². The molecule has 0 aromatic carbocycles. The summed E-state index contributed by atoms with van der Waals surface area (Å²) < 4.78 is 0. The van der Waals surface area contributed by atoms with E-state index in [0.717, 1.165) is 32.4 Å². The molecule has 1 saturated heterocycles. The molecule has 2 N–H and O–H groups in total. The molecule has 114 valence electrons. The summed E-state index contributed by atoms with van der Waals surface area (Å²) in [4.78, 5) is 27.9. The zero-order valence-corrected chi connectivity index (χ0v) is 12.3. The van der Waals surface area contributed by atoms with Crippen molar-refractivity contribution in [2.24, 2.45) is 11.1 Å². The van der Waals surface area contributed by atoms with E-state index in [2.05, 4.69) is 18.8 Å². The molecule has 7 heteroatoms. The third-order valence-electron chi connectivity index (χ3n) is 3.97. The molecular formula is C14H20N4O3. The first kappa shape index (κ1) is 15.2. The van der Waals surface area contributed by atoms with Crippen LogP contribution in [0.25, 0.3) is 0 Å². The zero-order chi connectivity index (χ0) is 15.6. The number of nitro groups is 1. The first-order chi connectivity index (χ1) is 9.80. The summed E-state index contributed by atoms with van der Waals surface area (Å²) in [5.41, 5.74) is 5.50. The highest BCUT2D eigenvalue weighted by molar-refractivity contribution is 5.98. The maximum atomic E-state index is 11.6. The van der Waals surface area contributed by atoms with Crippen molar-refractivity contribution >= 4 is 17.4 Å². The van der Waals surface area contributed by atoms with Crippen LogP contribution in [0.3, 0.4) is 0 Å². The quantitative estimate of drug-likeness (QED) is 0.679. The molecule has 1 aliphatic rings. The Morgan fingerprint density at radius 3 is 2.76 bits per heavy atom. The first-order valence-corrected chi connectivity index (χ1v) is 6.99. The number of nitrogens with zero attached hydrogens (tertiary/aromatic N) is 3. The average Bonchev–Trinajstić information content (AvgIpc) is 2.59. The largest absolute Gasteiger partial charge is 0.365 e. The van der Waals surface area contributed by atoms with Crippen molar-refractivity contribution in [3.63, 3.8) is 0 Å². The van der Waals surface area contributed by atoms with Crippen molar-refractivity contribution in [2.75, 3.05) is 18.0 Å². The van der Waals surface area contributed by atoms with Crippen LogP contribution < -0.4 is 10.6 Å². The van der Waals surface area contributed by atoms with E-state index >= 15 is 0 Å². The maximum Gasteiger partial charge on any atom is 0.288 e. The molecule has 0 atom stereocenters. The van der Waals surface area contributed by atoms with Gasteiger partial charge in [-0.1, -0.05) is 13.8 Å². The molecular weight excluding hydrogens is 272 g/mol. The van der Waals surface area contributed by atoms with Crippen LogP contribution in [0.5, 0.6) is 0 Å². The first-order valence-electron chi connectivity index (χ1n) is 6.99. The SMILES string of the molecule is CC1(C)CCCN(c2ncc([N+](=O)[O-])cc2C(N)=O)CC1. The van der Waals surface area contributed by atoms with Crippen LogP contribution in [-0.2, 0) is 0 Å². The number of amides is 1. The van der Waals surface area contributed by atoms with Gasteiger partial charge in [-0.25, -0.2) is 4.98 Å². The summed E-state index contributed by atoms with van der Waals surface area (Å²) in [6, 6.07) is 1.21. The Balaban J connectivity index is 2.34. The van der Waals surface area contributed by atoms with Gasteiger partial charge in [0, 0.05) is 19.2 Å². The van der Waals surface area contributed by atoms with Crippen LogP contribution in [-0.4, -0.2) is 28.9 Å². The number of pyridine rings is 1. The lowest BCUT2D eigenvalue weighted by atomic mass is 9.85. The van der Waals surface area contributed by atoms with Gasteiger partial charge in [0.2, 0.25) is 0 Å². The summed E-state index contributed by atoms with van der Waals surface area (Å²) >= 11 is 0. The molecule has 7 nitrogen and oxygen atoms in total. The highest BCUT2D eigenvalue weighted by Crippen LogP contribution is 2.32. The fraction of sp³-hybridized carbons (Fsp3) is 0.571. The number of rotatable bonds is 3. The number of primary amides is 1. The minimum Gasteiger partial charge on any atom is -0.365 e. The Morgan fingerprint density at radius 2 is 2.14 bits per heavy atom. The van der Waals surface area contributed by atoms with Gasteiger partial charge < -0.3 is 10.6 Å². The second-order valence-electron chi connectivity index (χ2n) is 6.19. The van der Waals surface area contributed by atoms with Crippen molar-refractivity contribution in [2.45, 2.75) is 33.1 Å². The van der Waals surface area contributed by atoms with E-state index in [-0.39, 0.29) is 16.7 Å². The lowest BCUT2D eigenvalue weighted by Gasteiger charge is -2.25. The van der Waals surface area contributed by atoms with Gasteiger partial charge in [-0.3, -0.25) is 14.9 Å². The van der Waals surface area contributed by atoms with E-state index < -0.39 is 10.8 Å². The fourth-order valence-electron chi connectivity index (χ4n) is 2.61. The molecule has 21 heavy (non-hydrogen) atoms. The average molecular weight is 292 g/mol. The Morgan fingerprint density at radius 1 is 1.43 bits per heavy atom. The van der Waals surface area contributed by atoms with Gasteiger partial charge in [0.1, 0.15) is 12.0 Å². The molecule has 1 aliphatic heterocycles. The second-order valence-corrected chi connectivity index (χ2v) is 6.19. The van der Waals surface area contributed by atoms with Gasteiger partial charge >= 0.3 is 0 Å². The van der Waals surface area contributed by atoms with Crippen molar-refractivity contribution in [3.8, 4) is 0 Å². The number of hydrogen-bond donors (Lipinski definition) is 1. The van der Waals surface area contributed by atoms with Gasteiger partial charge in [-0.05, 0) is 24.7 Å². The molecule has 0 saturated carbocycles. The second kappa shape index (κ2) is 5.67. The lowest BCUT2D eigenvalue weighted by Crippen LogP contribution is -2.29. The van der Waals surface area contributed by atoms with E-state index in [4.69, 9.17) is 5.73 Å². The number of carbonyl (C=O) groups is 1. The standard InChI is InChI=1S/C14H20N4O3/c1-14(2)4-3-6-17(7-5-14)13-11(12(15)19)8-10(9-16-13)18(20)21/h8-9H,3-7H2,1-2H3,(H2,15,19). The summed E-state index contributed by atoms with van der Waals surface area (Å²) in [7, 11) is 0. The lowest BCUT2D eigenvalue weighted by molar-refractivity contribution is -0.385. The predicted molar refractivity (Wildman–Crippen MR) is 79.3 cm³/mol. The molecule has 2 heterocycles. The van der Waals surface area contributed by atoms with Gasteiger partial charge in [-0.15, -0.1) is 0 Å². The van der Waals surface area contributed by atoms with Gasteiger partial charge in [-0.2, -0.15) is 0 Å². The van der Waals surface area contributed by atoms with Crippen LogP contribution in [0, 0.1) is 15.5 Å². The van der Waals surface area contributed by atoms with Crippen LogP contribution in [0.4, 0.5) is 11.5 Å². The van der Waals surface area contributed by atoms with E-state index in [9.17, 15) is 14.9 Å². The molecule has 1 aromatic heterocycles. The van der Waals surface area contributed by atoms with Crippen molar-refractivity contribution in [1.82, 2.24) is 4.98 Å². The van der Waals surface area contributed by atoms with Crippen LogP contribution in [0.1, 0.15) is 43.5 Å². The highest BCUT2D eigenvalue weighted by atomic mass is 16.6. The minimum atomic E-state index is -0.690. The van der Waals surface area contributed by atoms with E-state index in [0.29, 0.717) is 5.82 Å². The van der Waals surface area contributed by atoms with Crippen molar-refractivity contribution in [3.05, 3.63) is 27.9 Å². The van der Waals surface area contributed by atoms with Crippen LogP contribution >= 0.6 is 0 Å². The van der Waals surface area contributed by atoms with E-state index in [1.807, 2.05) is 4.90 Å². The van der Waals surface area contributed by atoms with Gasteiger partial charge in [0.05, 0.1) is 10.5 Å². The topological polar surface area (TPSA) is 102 Å². The fourth-order valence-corrected chi connectivity index (χ4v) is 2.61. The summed E-state index contributed by atoms with van der Waals surface area (Å²) in [5.74, 6) is -0.240. The molecule has 2 rings (SSSR count). The molecule has 1 aromatic rings. The summed E-state index contributed by atoms with van der Waals surface area (Å²) in [6.07, 6.45) is 4.24. The van der Waals surface area contributed by atoms with E-state index in [1.165, 1.54) is 12.3 Å².